The SMILES string of the molecule is Nc1coc(CF)n1. The van der Waals surface area contributed by atoms with Crippen molar-refractivity contribution in [1.29, 1.82) is 0 Å². The fraction of sp³-hybridized carbons (Fsp3) is 0.250. The first-order valence-electron chi connectivity index (χ1n) is 2.09. The van der Waals surface area contributed by atoms with Gasteiger partial charge in [0, 0.05) is 0 Å². The van der Waals surface area contributed by atoms with E-state index in [1.807, 2.05) is 0 Å². The molecule has 0 aromatic carbocycles. The van der Waals surface area contributed by atoms with Crippen LogP contribution in [-0.4, -0.2) is 4.98 Å². The summed E-state index contributed by atoms with van der Waals surface area (Å²) >= 11 is 0. The molecule has 8 heavy (non-hydrogen) atoms. The maximum atomic E-state index is 11.5. The molecule has 1 heterocycles. The van der Waals surface area contributed by atoms with Crippen molar-refractivity contribution in [3.8, 4) is 0 Å². The largest absolute Gasteiger partial charge is 0.444 e. The van der Waals surface area contributed by atoms with E-state index in [0.29, 0.717) is 0 Å². The molecule has 0 fully saturated rings. The van der Waals surface area contributed by atoms with E-state index in [1.54, 1.807) is 0 Å². The van der Waals surface area contributed by atoms with Gasteiger partial charge in [-0.3, -0.25) is 0 Å². The summed E-state index contributed by atoms with van der Waals surface area (Å²) in [5, 5.41) is 0. The van der Waals surface area contributed by atoms with Crippen molar-refractivity contribution in [2.75, 3.05) is 5.73 Å². The van der Waals surface area contributed by atoms with Crippen molar-refractivity contribution < 1.29 is 8.81 Å². The van der Waals surface area contributed by atoms with Crippen molar-refractivity contribution in [2.24, 2.45) is 0 Å². The molecule has 0 spiro atoms. The van der Waals surface area contributed by atoms with E-state index >= 15 is 0 Å². The first-order chi connectivity index (χ1) is 3.83. The summed E-state index contributed by atoms with van der Waals surface area (Å²) in [6.45, 7) is -0.697. The van der Waals surface area contributed by atoms with Crippen LogP contribution in [0.4, 0.5) is 10.2 Å². The highest BCUT2D eigenvalue weighted by atomic mass is 19.1. The van der Waals surface area contributed by atoms with Crippen LogP contribution in [0.2, 0.25) is 0 Å². The van der Waals surface area contributed by atoms with E-state index in [9.17, 15) is 4.39 Å². The van der Waals surface area contributed by atoms with E-state index in [4.69, 9.17) is 5.73 Å². The average molecular weight is 116 g/mol. The molecular formula is C4H5FN2O. The second-order valence-corrected chi connectivity index (χ2v) is 1.30. The van der Waals surface area contributed by atoms with Gasteiger partial charge < -0.3 is 10.2 Å². The Hall–Kier alpha value is -1.06. The number of oxazole rings is 1. The molecule has 0 bridgehead atoms. The molecule has 0 radical (unpaired) electrons. The van der Waals surface area contributed by atoms with Crippen LogP contribution >= 0.6 is 0 Å². The summed E-state index contributed by atoms with van der Waals surface area (Å²) in [5.74, 6) is 0.250. The predicted octanol–water partition coefficient (Wildman–Crippen LogP) is 0.726. The van der Waals surface area contributed by atoms with Crippen molar-refractivity contribution in [2.45, 2.75) is 6.67 Å². The van der Waals surface area contributed by atoms with Crippen LogP contribution in [0.5, 0.6) is 0 Å². The lowest BCUT2D eigenvalue weighted by Gasteiger charge is -1.75. The van der Waals surface area contributed by atoms with E-state index in [0.717, 1.165) is 0 Å². The van der Waals surface area contributed by atoms with Crippen molar-refractivity contribution in [1.82, 2.24) is 4.98 Å². The molecule has 0 saturated heterocycles. The molecule has 0 aliphatic heterocycles. The van der Waals surface area contributed by atoms with Crippen LogP contribution in [0.15, 0.2) is 10.7 Å². The smallest absolute Gasteiger partial charge is 0.227 e. The third-order valence-electron chi connectivity index (χ3n) is 0.684. The molecule has 4 heteroatoms. The zero-order chi connectivity index (χ0) is 5.98. The first kappa shape index (κ1) is 5.08. The van der Waals surface area contributed by atoms with Crippen LogP contribution in [0, 0.1) is 0 Å². The van der Waals surface area contributed by atoms with E-state index in [-0.39, 0.29) is 11.7 Å². The van der Waals surface area contributed by atoms with Gasteiger partial charge in [-0.25, -0.2) is 4.39 Å². The minimum Gasteiger partial charge on any atom is -0.444 e. The van der Waals surface area contributed by atoms with E-state index < -0.39 is 6.67 Å². The summed E-state index contributed by atoms with van der Waals surface area (Å²) in [6.07, 6.45) is 1.20. The van der Waals surface area contributed by atoms with Gasteiger partial charge in [0.25, 0.3) is 0 Å². The van der Waals surface area contributed by atoms with Crippen LogP contribution in [0.1, 0.15) is 5.89 Å². The lowest BCUT2D eigenvalue weighted by molar-refractivity contribution is 0.380. The Kier molecular flexibility index (Phi) is 1.15. The van der Waals surface area contributed by atoms with Crippen LogP contribution in [0.25, 0.3) is 0 Å². The fourth-order valence-electron chi connectivity index (χ4n) is 0.386. The number of alkyl halides is 1. The summed E-state index contributed by atoms with van der Waals surface area (Å²) in [4.78, 5) is 3.47. The quantitative estimate of drug-likeness (QED) is 0.588. The number of hydrogen-bond donors (Lipinski definition) is 1. The number of halogens is 1. The highest BCUT2D eigenvalue weighted by molar-refractivity contribution is 5.21. The molecule has 3 nitrogen and oxygen atoms in total. The van der Waals surface area contributed by atoms with Crippen molar-refractivity contribution >= 4 is 5.82 Å². The first-order valence-corrected chi connectivity index (χ1v) is 2.09. The number of anilines is 1. The Labute approximate surface area is 45.3 Å². The maximum absolute atomic E-state index is 11.5. The number of hydrogen-bond acceptors (Lipinski definition) is 3. The number of aromatic nitrogens is 1. The molecule has 0 saturated carbocycles. The Bertz CT molecular complexity index is 174. The molecule has 1 aromatic rings. The van der Waals surface area contributed by atoms with E-state index in [2.05, 4.69) is 9.40 Å². The monoisotopic (exact) mass is 116 g/mol. The minimum atomic E-state index is -0.697. The van der Waals surface area contributed by atoms with Gasteiger partial charge in [0.1, 0.15) is 6.26 Å². The zero-order valence-electron chi connectivity index (χ0n) is 4.10. The predicted molar refractivity (Wildman–Crippen MR) is 25.7 cm³/mol. The number of nitrogens with two attached hydrogens (primary N) is 1. The molecule has 0 atom stereocenters. The fourth-order valence-corrected chi connectivity index (χ4v) is 0.386. The van der Waals surface area contributed by atoms with Gasteiger partial charge in [-0.15, -0.1) is 0 Å². The van der Waals surface area contributed by atoms with Gasteiger partial charge in [0.05, 0.1) is 0 Å². The molecule has 2 N–H and O–H groups in total. The molecule has 1 rings (SSSR count). The van der Waals surface area contributed by atoms with E-state index in [1.165, 1.54) is 6.26 Å². The second-order valence-electron chi connectivity index (χ2n) is 1.30. The van der Waals surface area contributed by atoms with Gasteiger partial charge in [0.2, 0.25) is 5.89 Å². The van der Waals surface area contributed by atoms with Gasteiger partial charge >= 0.3 is 0 Å². The van der Waals surface area contributed by atoms with Crippen molar-refractivity contribution in [3.63, 3.8) is 0 Å². The summed E-state index contributed by atoms with van der Waals surface area (Å²) < 4.78 is 16.0. The van der Waals surface area contributed by atoms with Crippen LogP contribution in [0.3, 0.4) is 0 Å². The van der Waals surface area contributed by atoms with Crippen molar-refractivity contribution in [3.05, 3.63) is 12.2 Å². The van der Waals surface area contributed by atoms with Gasteiger partial charge in [-0.05, 0) is 0 Å². The third kappa shape index (κ3) is 0.776. The Morgan fingerprint density at radius 1 is 1.88 bits per heavy atom. The van der Waals surface area contributed by atoms with Gasteiger partial charge in [-0.2, -0.15) is 4.98 Å². The maximum Gasteiger partial charge on any atom is 0.227 e. The Balaban J connectivity index is 2.84. The second kappa shape index (κ2) is 1.81. The third-order valence-corrected chi connectivity index (χ3v) is 0.684. The van der Waals surface area contributed by atoms with Gasteiger partial charge in [-0.1, -0.05) is 0 Å². The van der Waals surface area contributed by atoms with Crippen LogP contribution in [-0.2, 0) is 6.67 Å². The number of nitrogen functional groups attached to an aromatic ring is 1. The Morgan fingerprint density at radius 3 is 2.88 bits per heavy atom. The lowest BCUT2D eigenvalue weighted by Crippen LogP contribution is -1.83. The topological polar surface area (TPSA) is 52.0 Å². The molecule has 0 aliphatic rings. The number of rotatable bonds is 1. The molecule has 44 valence electrons. The normalized spacial score (nSPS) is 9.62. The number of nitrogens with zero attached hydrogens (tertiary/aromatic N) is 1. The lowest BCUT2D eigenvalue weighted by atomic mass is 10.7. The standard InChI is InChI=1S/C4H5FN2O/c5-1-4-7-3(6)2-8-4/h2H,1,6H2. The summed E-state index contributed by atoms with van der Waals surface area (Å²) in [6, 6.07) is 0. The molecule has 1 aromatic heterocycles. The molecule has 0 unspecified atom stereocenters. The van der Waals surface area contributed by atoms with Crippen LogP contribution < -0.4 is 5.73 Å². The molecular weight excluding hydrogens is 111 g/mol. The zero-order valence-corrected chi connectivity index (χ0v) is 4.10. The summed E-state index contributed by atoms with van der Waals surface area (Å²) in [7, 11) is 0. The summed E-state index contributed by atoms with van der Waals surface area (Å²) in [5.41, 5.74) is 5.08. The average Bonchev–Trinajstić information content (AvgIpc) is 2.14. The molecule has 0 amide bonds. The highest BCUT2D eigenvalue weighted by Crippen LogP contribution is 2.02. The Morgan fingerprint density at radius 2 is 2.62 bits per heavy atom. The minimum absolute atomic E-state index is 0.0301. The molecule has 0 aliphatic carbocycles. The van der Waals surface area contributed by atoms with Gasteiger partial charge in [0.15, 0.2) is 12.5 Å². The highest BCUT2D eigenvalue weighted by Gasteiger charge is 1.96.